The molecule has 0 aliphatic carbocycles. The Morgan fingerprint density at radius 1 is 1.29 bits per heavy atom. The van der Waals surface area contributed by atoms with E-state index in [0.717, 1.165) is 42.7 Å². The highest BCUT2D eigenvalue weighted by Gasteiger charge is 2.19. The van der Waals surface area contributed by atoms with Gasteiger partial charge >= 0.3 is 0 Å². The Bertz CT molecular complexity index is 407. The van der Waals surface area contributed by atoms with Gasteiger partial charge in [0.25, 0.3) is 0 Å². The average Bonchev–Trinajstić information content (AvgIpc) is 2.33. The number of unbranched alkanes of at least 4 members (excludes halogenated alkanes) is 1. The van der Waals surface area contributed by atoms with E-state index >= 15 is 0 Å². The predicted molar refractivity (Wildman–Crippen MR) is 69.2 cm³/mol. The Morgan fingerprint density at radius 2 is 2.06 bits per heavy atom. The molecule has 1 aliphatic heterocycles. The topological polar surface area (TPSA) is 44.5 Å². The van der Waals surface area contributed by atoms with Crippen LogP contribution < -0.4 is 15.2 Å². The van der Waals surface area contributed by atoms with E-state index in [-0.39, 0.29) is 0 Å². The molecule has 0 radical (unpaired) electrons. The molecule has 1 heterocycles. The van der Waals surface area contributed by atoms with E-state index in [1.54, 1.807) is 0 Å². The van der Waals surface area contributed by atoms with Gasteiger partial charge in [0.1, 0.15) is 13.2 Å². The summed E-state index contributed by atoms with van der Waals surface area (Å²) in [6, 6.07) is 2.01. The molecule has 0 atom stereocenters. The summed E-state index contributed by atoms with van der Waals surface area (Å²) in [6.07, 6.45) is 3.01. The molecule has 1 aromatic rings. The lowest BCUT2D eigenvalue weighted by molar-refractivity contribution is 0.171. The quantitative estimate of drug-likeness (QED) is 0.842. The zero-order chi connectivity index (χ0) is 12.3. The molecule has 0 unspecified atom stereocenters. The molecule has 17 heavy (non-hydrogen) atoms. The van der Waals surface area contributed by atoms with Crippen molar-refractivity contribution in [1.82, 2.24) is 0 Å². The molecule has 0 saturated heterocycles. The SMILES string of the molecule is Cc1cc2c(c(Cl)c1CCCCN)OCCO2. The maximum atomic E-state index is 6.37. The minimum Gasteiger partial charge on any atom is -0.486 e. The van der Waals surface area contributed by atoms with Gasteiger partial charge in [0.05, 0.1) is 5.02 Å². The van der Waals surface area contributed by atoms with Crippen LogP contribution in [-0.2, 0) is 6.42 Å². The maximum absolute atomic E-state index is 6.37. The number of hydrogen-bond acceptors (Lipinski definition) is 3. The van der Waals surface area contributed by atoms with Crippen LogP contribution >= 0.6 is 11.6 Å². The Hall–Kier alpha value is -0.930. The van der Waals surface area contributed by atoms with Crippen molar-refractivity contribution in [3.63, 3.8) is 0 Å². The lowest BCUT2D eigenvalue weighted by atomic mass is 10.0. The smallest absolute Gasteiger partial charge is 0.180 e. The van der Waals surface area contributed by atoms with E-state index in [4.69, 9.17) is 26.8 Å². The molecule has 2 rings (SSSR count). The van der Waals surface area contributed by atoms with Crippen LogP contribution in [0.4, 0.5) is 0 Å². The van der Waals surface area contributed by atoms with E-state index in [2.05, 4.69) is 6.92 Å². The van der Waals surface area contributed by atoms with Gasteiger partial charge in [-0.1, -0.05) is 11.6 Å². The summed E-state index contributed by atoms with van der Waals surface area (Å²) in [7, 11) is 0. The van der Waals surface area contributed by atoms with Gasteiger partial charge in [0.15, 0.2) is 11.5 Å². The third-order valence-corrected chi connectivity index (χ3v) is 3.38. The largest absolute Gasteiger partial charge is 0.486 e. The third-order valence-electron chi connectivity index (χ3n) is 2.98. The monoisotopic (exact) mass is 255 g/mol. The average molecular weight is 256 g/mol. The maximum Gasteiger partial charge on any atom is 0.180 e. The number of halogens is 1. The van der Waals surface area contributed by atoms with Crippen molar-refractivity contribution >= 4 is 11.6 Å². The fourth-order valence-electron chi connectivity index (χ4n) is 2.06. The first-order valence-electron chi connectivity index (χ1n) is 6.01. The Labute approximate surface area is 107 Å². The first kappa shape index (κ1) is 12.5. The van der Waals surface area contributed by atoms with Crippen molar-refractivity contribution < 1.29 is 9.47 Å². The van der Waals surface area contributed by atoms with Gasteiger partial charge < -0.3 is 15.2 Å². The van der Waals surface area contributed by atoms with Crippen LogP contribution in [0.25, 0.3) is 0 Å². The predicted octanol–water partition coefficient (Wildman–Crippen LogP) is 2.70. The van der Waals surface area contributed by atoms with Crippen LogP contribution in [0, 0.1) is 6.92 Å². The zero-order valence-corrected chi connectivity index (χ0v) is 10.8. The van der Waals surface area contributed by atoms with Crippen LogP contribution in [-0.4, -0.2) is 19.8 Å². The van der Waals surface area contributed by atoms with E-state index < -0.39 is 0 Å². The van der Waals surface area contributed by atoms with Crippen LogP contribution in [0.1, 0.15) is 24.0 Å². The highest BCUT2D eigenvalue weighted by atomic mass is 35.5. The van der Waals surface area contributed by atoms with Crippen molar-refractivity contribution in [3.05, 3.63) is 22.2 Å². The first-order chi connectivity index (χ1) is 8.24. The summed E-state index contributed by atoms with van der Waals surface area (Å²) in [6.45, 7) is 3.94. The van der Waals surface area contributed by atoms with Gasteiger partial charge in [0.2, 0.25) is 0 Å². The summed E-state index contributed by atoms with van der Waals surface area (Å²) in [5.41, 5.74) is 7.82. The fourth-order valence-corrected chi connectivity index (χ4v) is 2.45. The molecule has 0 aromatic heterocycles. The normalized spacial score (nSPS) is 13.8. The number of fused-ring (bicyclic) bond motifs is 1. The number of rotatable bonds is 4. The number of hydrogen-bond donors (Lipinski definition) is 1. The van der Waals surface area contributed by atoms with E-state index in [1.165, 1.54) is 0 Å². The molecule has 3 nitrogen and oxygen atoms in total. The molecule has 1 aromatic carbocycles. The minimum absolute atomic E-state index is 0.567. The first-order valence-corrected chi connectivity index (χ1v) is 6.39. The summed E-state index contributed by atoms with van der Waals surface area (Å²) in [5.74, 6) is 1.47. The van der Waals surface area contributed by atoms with Crippen molar-refractivity contribution in [2.75, 3.05) is 19.8 Å². The van der Waals surface area contributed by atoms with E-state index in [0.29, 0.717) is 24.0 Å². The second-order valence-corrected chi connectivity index (χ2v) is 4.63. The van der Waals surface area contributed by atoms with E-state index in [1.807, 2.05) is 6.07 Å². The number of nitrogens with two attached hydrogens (primary N) is 1. The van der Waals surface area contributed by atoms with Crippen molar-refractivity contribution in [1.29, 1.82) is 0 Å². The second-order valence-electron chi connectivity index (χ2n) is 4.26. The fraction of sp³-hybridized carbons (Fsp3) is 0.538. The molecular formula is C13H18ClNO2. The number of aryl methyl sites for hydroxylation is 1. The molecular weight excluding hydrogens is 238 g/mol. The standard InChI is InChI=1S/C13H18ClNO2/c1-9-8-11-13(17-7-6-16-11)12(14)10(9)4-2-3-5-15/h8H,2-7,15H2,1H3. The Morgan fingerprint density at radius 3 is 2.82 bits per heavy atom. The van der Waals surface area contributed by atoms with Crippen LogP contribution in [0.3, 0.4) is 0 Å². The van der Waals surface area contributed by atoms with Gasteiger partial charge in [-0.2, -0.15) is 0 Å². The van der Waals surface area contributed by atoms with Crippen molar-refractivity contribution in [2.24, 2.45) is 5.73 Å². The van der Waals surface area contributed by atoms with E-state index in [9.17, 15) is 0 Å². The lowest BCUT2D eigenvalue weighted by Crippen LogP contribution is -2.16. The zero-order valence-electron chi connectivity index (χ0n) is 10.1. The summed E-state index contributed by atoms with van der Waals surface area (Å²) in [4.78, 5) is 0. The van der Waals surface area contributed by atoms with Crippen LogP contribution in [0.15, 0.2) is 6.07 Å². The molecule has 4 heteroatoms. The molecule has 0 bridgehead atoms. The summed E-state index contributed by atoms with van der Waals surface area (Å²) in [5, 5.41) is 0.705. The highest BCUT2D eigenvalue weighted by Crippen LogP contribution is 2.41. The Kier molecular flexibility index (Phi) is 4.13. The van der Waals surface area contributed by atoms with Gasteiger partial charge in [-0.25, -0.2) is 0 Å². The van der Waals surface area contributed by atoms with Crippen LogP contribution in [0.2, 0.25) is 5.02 Å². The van der Waals surface area contributed by atoms with Gasteiger partial charge in [-0.15, -0.1) is 0 Å². The molecule has 0 fully saturated rings. The molecule has 0 amide bonds. The number of benzene rings is 1. The second kappa shape index (κ2) is 5.61. The molecule has 94 valence electrons. The third kappa shape index (κ3) is 2.67. The molecule has 0 spiro atoms. The molecule has 1 aliphatic rings. The molecule has 0 saturated carbocycles. The van der Waals surface area contributed by atoms with Gasteiger partial charge in [-0.3, -0.25) is 0 Å². The van der Waals surface area contributed by atoms with Crippen molar-refractivity contribution in [3.8, 4) is 11.5 Å². The summed E-state index contributed by atoms with van der Waals surface area (Å²) >= 11 is 6.37. The van der Waals surface area contributed by atoms with Crippen molar-refractivity contribution in [2.45, 2.75) is 26.2 Å². The number of ether oxygens (including phenoxy) is 2. The highest BCUT2D eigenvalue weighted by molar-refractivity contribution is 6.33. The van der Waals surface area contributed by atoms with Gasteiger partial charge in [-0.05, 0) is 49.9 Å². The molecule has 2 N–H and O–H groups in total. The van der Waals surface area contributed by atoms with Crippen LogP contribution in [0.5, 0.6) is 11.5 Å². The minimum atomic E-state index is 0.567. The summed E-state index contributed by atoms with van der Waals surface area (Å²) < 4.78 is 11.1. The Balaban J connectivity index is 2.26. The van der Waals surface area contributed by atoms with Gasteiger partial charge in [0, 0.05) is 0 Å². The lowest BCUT2D eigenvalue weighted by Gasteiger charge is -2.22.